The lowest BCUT2D eigenvalue weighted by Crippen LogP contribution is -1.97. The molecule has 0 saturated heterocycles. The quantitative estimate of drug-likeness (QED) is 0.489. The van der Waals surface area contributed by atoms with Gasteiger partial charge in [-0.05, 0) is 23.8 Å². The van der Waals surface area contributed by atoms with Crippen molar-refractivity contribution in [3.63, 3.8) is 0 Å². The van der Waals surface area contributed by atoms with Crippen molar-refractivity contribution in [2.24, 2.45) is 0 Å². The number of methoxy groups -OCH3 is 3. The Morgan fingerprint density at radius 1 is 0.759 bits per heavy atom. The van der Waals surface area contributed by atoms with Gasteiger partial charge in [0.25, 0.3) is 0 Å². The molecule has 0 radical (unpaired) electrons. The lowest BCUT2D eigenvalue weighted by molar-refractivity contribution is 0.284. The number of rotatable bonds is 7. The summed E-state index contributed by atoms with van der Waals surface area (Å²) in [5, 5.41) is 0. The van der Waals surface area contributed by atoms with Crippen molar-refractivity contribution in [1.29, 1.82) is 0 Å². The second kappa shape index (κ2) is 8.14. The summed E-state index contributed by atoms with van der Waals surface area (Å²) in [5.74, 6) is 3.34. The summed E-state index contributed by atoms with van der Waals surface area (Å²) in [6.07, 6.45) is 0. The average molecular weight is 390 g/mol. The molecule has 3 aromatic carbocycles. The van der Waals surface area contributed by atoms with Crippen LogP contribution in [-0.2, 0) is 6.61 Å². The lowest BCUT2D eigenvalue weighted by atomic mass is 10.2. The van der Waals surface area contributed by atoms with Crippen LogP contribution < -0.4 is 18.9 Å². The number of hydrogen-bond donors (Lipinski definition) is 1. The van der Waals surface area contributed by atoms with Crippen LogP contribution in [0.3, 0.4) is 0 Å². The van der Waals surface area contributed by atoms with Crippen LogP contribution in [0.1, 0.15) is 5.56 Å². The van der Waals surface area contributed by atoms with Crippen LogP contribution in [0.2, 0.25) is 0 Å². The number of nitrogens with zero attached hydrogens (tertiary/aromatic N) is 1. The van der Waals surface area contributed by atoms with Crippen molar-refractivity contribution in [2.75, 3.05) is 21.3 Å². The fourth-order valence-electron chi connectivity index (χ4n) is 3.14. The molecule has 6 nitrogen and oxygen atoms in total. The van der Waals surface area contributed by atoms with Crippen LogP contribution >= 0.6 is 0 Å². The number of benzene rings is 3. The molecule has 0 saturated carbocycles. The molecule has 148 valence electrons. The highest BCUT2D eigenvalue weighted by Crippen LogP contribution is 2.35. The maximum Gasteiger partial charge on any atom is 0.163 e. The van der Waals surface area contributed by atoms with Crippen LogP contribution in [0, 0.1) is 0 Å². The van der Waals surface area contributed by atoms with E-state index in [1.54, 1.807) is 21.3 Å². The minimum Gasteiger partial charge on any atom is -0.493 e. The Balaban J connectivity index is 1.63. The van der Waals surface area contributed by atoms with E-state index < -0.39 is 0 Å². The first-order chi connectivity index (χ1) is 14.2. The van der Waals surface area contributed by atoms with Gasteiger partial charge >= 0.3 is 0 Å². The number of hydrogen-bond acceptors (Lipinski definition) is 5. The molecule has 4 rings (SSSR count). The number of aromatic nitrogens is 2. The fraction of sp³-hybridized carbons (Fsp3) is 0.174. The summed E-state index contributed by atoms with van der Waals surface area (Å²) in [5.41, 5.74) is 3.64. The van der Waals surface area contributed by atoms with E-state index in [2.05, 4.69) is 9.97 Å². The number of imidazole rings is 1. The highest BCUT2D eigenvalue weighted by atomic mass is 16.5. The first-order valence-electron chi connectivity index (χ1n) is 9.18. The maximum absolute atomic E-state index is 5.94. The van der Waals surface area contributed by atoms with E-state index in [9.17, 15) is 0 Å². The molecule has 0 amide bonds. The smallest absolute Gasteiger partial charge is 0.163 e. The zero-order valence-electron chi connectivity index (χ0n) is 16.6. The van der Waals surface area contributed by atoms with Gasteiger partial charge in [0.05, 0.1) is 32.4 Å². The number of nitrogens with one attached hydrogen (secondary N) is 1. The van der Waals surface area contributed by atoms with Crippen molar-refractivity contribution < 1.29 is 18.9 Å². The van der Waals surface area contributed by atoms with Gasteiger partial charge in [0.1, 0.15) is 12.4 Å². The van der Waals surface area contributed by atoms with Crippen LogP contribution in [-0.4, -0.2) is 31.3 Å². The molecule has 0 fully saturated rings. The van der Waals surface area contributed by atoms with Gasteiger partial charge < -0.3 is 23.9 Å². The van der Waals surface area contributed by atoms with E-state index in [1.165, 1.54) is 0 Å². The summed E-state index contributed by atoms with van der Waals surface area (Å²) < 4.78 is 22.2. The number of fused-ring (bicyclic) bond motifs is 1. The first-order valence-corrected chi connectivity index (χ1v) is 9.18. The molecule has 1 N–H and O–H groups in total. The molecule has 0 spiro atoms. The van der Waals surface area contributed by atoms with Gasteiger partial charge in [-0.15, -0.1) is 0 Å². The number of H-pyrrole nitrogens is 1. The molecule has 1 aromatic heterocycles. The Kier molecular flexibility index (Phi) is 5.24. The Morgan fingerprint density at radius 2 is 1.45 bits per heavy atom. The third-order valence-corrected chi connectivity index (χ3v) is 4.66. The monoisotopic (exact) mass is 390 g/mol. The van der Waals surface area contributed by atoms with E-state index >= 15 is 0 Å². The van der Waals surface area contributed by atoms with Gasteiger partial charge in [0.2, 0.25) is 0 Å². The molecule has 0 aliphatic carbocycles. The van der Waals surface area contributed by atoms with E-state index in [4.69, 9.17) is 18.9 Å². The predicted molar refractivity (Wildman–Crippen MR) is 112 cm³/mol. The molecule has 0 atom stereocenters. The second-order valence-corrected chi connectivity index (χ2v) is 6.45. The highest BCUT2D eigenvalue weighted by molar-refractivity contribution is 5.83. The maximum atomic E-state index is 5.94. The van der Waals surface area contributed by atoms with E-state index in [0.717, 1.165) is 28.0 Å². The highest BCUT2D eigenvalue weighted by Gasteiger charge is 2.13. The van der Waals surface area contributed by atoms with Gasteiger partial charge in [-0.2, -0.15) is 0 Å². The molecule has 1 heterocycles. The molecular formula is C23H22N2O4. The largest absolute Gasteiger partial charge is 0.493 e. The van der Waals surface area contributed by atoms with Crippen molar-refractivity contribution in [3.8, 4) is 34.4 Å². The molecule has 0 unspecified atom stereocenters. The Bertz CT molecular complexity index is 1080. The zero-order chi connectivity index (χ0) is 20.2. The molecule has 0 aliphatic heterocycles. The van der Waals surface area contributed by atoms with Gasteiger partial charge in [-0.25, -0.2) is 4.98 Å². The Hall–Kier alpha value is -3.67. The van der Waals surface area contributed by atoms with Crippen LogP contribution in [0.4, 0.5) is 0 Å². The van der Waals surface area contributed by atoms with Gasteiger partial charge in [-0.3, -0.25) is 0 Å². The Morgan fingerprint density at radius 3 is 2.17 bits per heavy atom. The van der Waals surface area contributed by atoms with Crippen molar-refractivity contribution in [2.45, 2.75) is 6.61 Å². The first kappa shape index (κ1) is 18.7. The summed E-state index contributed by atoms with van der Waals surface area (Å²) in [6, 6.07) is 19.5. The van der Waals surface area contributed by atoms with Gasteiger partial charge in [-0.1, -0.05) is 30.3 Å². The average Bonchev–Trinajstić information content (AvgIpc) is 3.20. The number of aromatic amines is 1. The van der Waals surface area contributed by atoms with Crippen LogP contribution in [0.25, 0.3) is 22.4 Å². The lowest BCUT2D eigenvalue weighted by Gasteiger charge is -2.11. The van der Waals surface area contributed by atoms with Crippen molar-refractivity contribution in [3.05, 3.63) is 66.2 Å². The third kappa shape index (κ3) is 3.82. The molecule has 6 heteroatoms. The summed E-state index contributed by atoms with van der Waals surface area (Å²) >= 11 is 0. The zero-order valence-corrected chi connectivity index (χ0v) is 16.6. The van der Waals surface area contributed by atoms with Crippen LogP contribution in [0.5, 0.6) is 23.0 Å². The molecule has 29 heavy (non-hydrogen) atoms. The topological polar surface area (TPSA) is 65.6 Å². The fourth-order valence-corrected chi connectivity index (χ4v) is 3.14. The van der Waals surface area contributed by atoms with Crippen molar-refractivity contribution >= 4 is 11.0 Å². The molecule has 0 aliphatic rings. The second-order valence-electron chi connectivity index (χ2n) is 6.45. The third-order valence-electron chi connectivity index (χ3n) is 4.66. The van der Waals surface area contributed by atoms with E-state index in [1.807, 2.05) is 60.7 Å². The van der Waals surface area contributed by atoms with E-state index in [0.29, 0.717) is 29.6 Å². The standard InChI is InChI=1S/C23H22N2O4/c1-26-20-11-16(9-10-19(20)29-14-15-7-5-4-6-8-15)23-24-17-12-21(27-2)22(28-3)13-18(17)25-23/h4-13H,14H2,1-3H3,(H,24,25). The summed E-state index contributed by atoms with van der Waals surface area (Å²) in [4.78, 5) is 8.00. The predicted octanol–water partition coefficient (Wildman–Crippen LogP) is 4.83. The van der Waals surface area contributed by atoms with Gasteiger partial charge in [0.15, 0.2) is 23.0 Å². The summed E-state index contributed by atoms with van der Waals surface area (Å²) in [6.45, 7) is 0.473. The SMILES string of the molecule is COc1cc2nc(-c3ccc(OCc4ccccc4)c(OC)c3)[nH]c2cc1OC. The molecular weight excluding hydrogens is 368 g/mol. The van der Waals surface area contributed by atoms with Crippen molar-refractivity contribution in [1.82, 2.24) is 9.97 Å². The van der Waals surface area contributed by atoms with Gasteiger partial charge in [0, 0.05) is 17.7 Å². The minimum absolute atomic E-state index is 0.473. The summed E-state index contributed by atoms with van der Waals surface area (Å²) in [7, 11) is 4.85. The Labute approximate surface area is 169 Å². The van der Waals surface area contributed by atoms with Crippen LogP contribution in [0.15, 0.2) is 60.7 Å². The minimum atomic E-state index is 0.473. The normalized spacial score (nSPS) is 10.7. The number of ether oxygens (including phenoxy) is 4. The molecule has 0 bridgehead atoms. The van der Waals surface area contributed by atoms with E-state index in [-0.39, 0.29) is 0 Å². The molecule has 4 aromatic rings.